The molecule has 0 aromatic heterocycles. The number of Topliss-reactive ketones (excluding diaryl/α,β-unsaturated/α-hetero) is 1. The molecule has 0 saturated heterocycles. The summed E-state index contributed by atoms with van der Waals surface area (Å²) in [6.45, 7) is 7.00. The van der Waals surface area contributed by atoms with Crippen LogP contribution in [0.4, 0.5) is 0 Å². The molecule has 2 nitrogen and oxygen atoms in total. The Morgan fingerprint density at radius 2 is 1.93 bits per heavy atom. The molecule has 0 N–H and O–H groups in total. The van der Waals surface area contributed by atoms with Crippen LogP contribution in [-0.4, -0.2) is 41.8 Å². The van der Waals surface area contributed by atoms with Gasteiger partial charge >= 0.3 is 0 Å². The number of carbonyl (C=O) groups excluding carboxylic acids is 1. The molecule has 0 atom stereocenters. The summed E-state index contributed by atoms with van der Waals surface area (Å²) in [5.41, 5.74) is 0. The van der Waals surface area contributed by atoms with E-state index in [0.29, 0.717) is 6.42 Å². The van der Waals surface area contributed by atoms with Crippen LogP contribution in [0.15, 0.2) is 0 Å². The largest absolute Gasteiger partial charge is 0.309 e. The number of rotatable bonds is 7. The fourth-order valence-corrected chi connectivity index (χ4v) is 3.76. The maximum absolute atomic E-state index is 11.0. The quantitative estimate of drug-likeness (QED) is 0.499. The second-order valence-corrected chi connectivity index (χ2v) is 7.47. The lowest BCUT2D eigenvalue weighted by molar-refractivity contribution is -0.117. The zero-order chi connectivity index (χ0) is 11.2. The fourth-order valence-electron chi connectivity index (χ4n) is 1.05. The van der Waals surface area contributed by atoms with Crippen LogP contribution in [0, 0.1) is 0 Å². The maximum Gasteiger partial charge on any atom is 0.131 e. The molecule has 0 radical (unpaired) electrons. The van der Waals surface area contributed by atoms with Gasteiger partial charge in [0.15, 0.2) is 0 Å². The zero-order valence-electron chi connectivity index (χ0n) is 9.79. The number of nitrogens with zero attached hydrogens (tertiary/aromatic N) is 1. The Hall–Kier alpha value is 0.330. The third-order valence-electron chi connectivity index (χ3n) is 1.58. The SMILES string of the molecule is CC(=O)CC(C)(C)SSCCN(C)C. The van der Waals surface area contributed by atoms with Crippen LogP contribution < -0.4 is 0 Å². The van der Waals surface area contributed by atoms with Crippen molar-refractivity contribution in [2.24, 2.45) is 0 Å². The van der Waals surface area contributed by atoms with Gasteiger partial charge in [0.05, 0.1) is 0 Å². The average molecular weight is 235 g/mol. The summed E-state index contributed by atoms with van der Waals surface area (Å²) in [5.74, 6) is 1.38. The molecule has 14 heavy (non-hydrogen) atoms. The first-order chi connectivity index (χ1) is 6.33. The summed E-state index contributed by atoms with van der Waals surface area (Å²) in [6.07, 6.45) is 0.659. The van der Waals surface area contributed by atoms with Crippen molar-refractivity contribution >= 4 is 27.4 Å². The van der Waals surface area contributed by atoms with Gasteiger partial charge in [-0.05, 0) is 34.9 Å². The Balaban J connectivity index is 3.60. The van der Waals surface area contributed by atoms with Crippen molar-refractivity contribution in [2.75, 3.05) is 26.4 Å². The lowest BCUT2D eigenvalue weighted by Gasteiger charge is -2.21. The van der Waals surface area contributed by atoms with Gasteiger partial charge in [-0.15, -0.1) is 0 Å². The van der Waals surface area contributed by atoms with E-state index in [2.05, 4.69) is 32.8 Å². The van der Waals surface area contributed by atoms with E-state index in [-0.39, 0.29) is 10.5 Å². The third-order valence-corrected chi connectivity index (χ3v) is 4.85. The first kappa shape index (κ1) is 14.3. The van der Waals surface area contributed by atoms with Gasteiger partial charge in [0.1, 0.15) is 5.78 Å². The molecule has 0 spiro atoms. The topological polar surface area (TPSA) is 20.3 Å². The van der Waals surface area contributed by atoms with Crippen molar-refractivity contribution in [3.8, 4) is 0 Å². The Bertz CT molecular complexity index is 181. The molecule has 0 aromatic rings. The number of hydrogen-bond donors (Lipinski definition) is 0. The van der Waals surface area contributed by atoms with Crippen molar-refractivity contribution in [1.29, 1.82) is 0 Å². The van der Waals surface area contributed by atoms with Crippen molar-refractivity contribution < 1.29 is 4.79 Å². The average Bonchev–Trinajstić information content (AvgIpc) is 1.95. The van der Waals surface area contributed by atoms with E-state index < -0.39 is 0 Å². The number of carbonyl (C=O) groups is 1. The van der Waals surface area contributed by atoms with Gasteiger partial charge in [-0.2, -0.15) is 0 Å². The van der Waals surface area contributed by atoms with Gasteiger partial charge in [-0.3, -0.25) is 4.79 Å². The molecule has 0 fully saturated rings. The summed E-state index contributed by atoms with van der Waals surface area (Å²) in [5, 5.41) is 0. The highest BCUT2D eigenvalue weighted by molar-refractivity contribution is 8.77. The lowest BCUT2D eigenvalue weighted by Crippen LogP contribution is -2.18. The molecule has 0 saturated carbocycles. The zero-order valence-corrected chi connectivity index (χ0v) is 11.4. The molecule has 0 aliphatic rings. The van der Waals surface area contributed by atoms with Crippen LogP contribution in [-0.2, 0) is 4.79 Å². The highest BCUT2D eigenvalue weighted by Crippen LogP contribution is 2.37. The van der Waals surface area contributed by atoms with Crippen molar-refractivity contribution in [2.45, 2.75) is 31.9 Å². The van der Waals surface area contributed by atoms with Gasteiger partial charge in [-0.25, -0.2) is 0 Å². The minimum atomic E-state index is 0.0722. The standard InChI is InChI=1S/C10H21NOS2/c1-9(12)8-10(2,3)14-13-7-6-11(4)5/h6-8H2,1-5H3. The predicted octanol–water partition coefficient (Wildman–Crippen LogP) is 2.69. The summed E-state index contributed by atoms with van der Waals surface area (Å²) in [7, 11) is 7.82. The van der Waals surface area contributed by atoms with Gasteiger partial charge < -0.3 is 4.90 Å². The molecule has 0 unspecified atom stereocenters. The van der Waals surface area contributed by atoms with E-state index in [4.69, 9.17) is 0 Å². The first-order valence-corrected chi connectivity index (χ1v) is 7.10. The second kappa shape index (κ2) is 6.75. The lowest BCUT2D eigenvalue weighted by atomic mass is 10.1. The molecular formula is C10H21NOS2. The highest BCUT2D eigenvalue weighted by atomic mass is 33.1. The minimum absolute atomic E-state index is 0.0722. The monoisotopic (exact) mass is 235 g/mol. The van der Waals surface area contributed by atoms with E-state index in [0.717, 1.165) is 12.3 Å². The summed E-state index contributed by atoms with van der Waals surface area (Å²) in [4.78, 5) is 13.1. The summed E-state index contributed by atoms with van der Waals surface area (Å²) >= 11 is 0. The van der Waals surface area contributed by atoms with Crippen LogP contribution in [0.1, 0.15) is 27.2 Å². The van der Waals surface area contributed by atoms with E-state index in [9.17, 15) is 4.79 Å². The molecule has 0 amide bonds. The number of ketones is 1. The van der Waals surface area contributed by atoms with Crippen LogP contribution in [0.3, 0.4) is 0 Å². The molecule has 0 rings (SSSR count). The molecule has 0 aromatic carbocycles. The van der Waals surface area contributed by atoms with Crippen molar-refractivity contribution in [1.82, 2.24) is 4.90 Å². The van der Waals surface area contributed by atoms with Gasteiger partial charge in [0.2, 0.25) is 0 Å². The van der Waals surface area contributed by atoms with Gasteiger partial charge in [-0.1, -0.05) is 21.6 Å². The Morgan fingerprint density at radius 3 is 2.36 bits per heavy atom. The van der Waals surface area contributed by atoms with E-state index in [1.54, 1.807) is 6.92 Å². The predicted molar refractivity (Wildman–Crippen MR) is 68.0 cm³/mol. The Morgan fingerprint density at radius 1 is 1.36 bits per heavy atom. The Kier molecular flexibility index (Phi) is 6.91. The third kappa shape index (κ3) is 8.91. The van der Waals surface area contributed by atoms with E-state index in [1.165, 1.54) is 0 Å². The van der Waals surface area contributed by atoms with Gasteiger partial charge in [0, 0.05) is 23.5 Å². The summed E-state index contributed by atoms with van der Waals surface area (Å²) in [6, 6.07) is 0. The van der Waals surface area contributed by atoms with Crippen LogP contribution >= 0.6 is 21.6 Å². The van der Waals surface area contributed by atoms with Crippen molar-refractivity contribution in [3.05, 3.63) is 0 Å². The van der Waals surface area contributed by atoms with Crippen LogP contribution in [0.25, 0.3) is 0 Å². The first-order valence-electron chi connectivity index (χ1n) is 4.78. The van der Waals surface area contributed by atoms with Crippen molar-refractivity contribution in [3.63, 3.8) is 0 Å². The normalized spacial score (nSPS) is 12.1. The van der Waals surface area contributed by atoms with Gasteiger partial charge in [0.25, 0.3) is 0 Å². The molecule has 4 heteroatoms. The second-order valence-electron chi connectivity index (χ2n) is 4.35. The Labute approximate surface area is 95.6 Å². The maximum atomic E-state index is 11.0. The molecule has 0 heterocycles. The smallest absolute Gasteiger partial charge is 0.131 e. The highest BCUT2D eigenvalue weighted by Gasteiger charge is 2.20. The summed E-state index contributed by atoms with van der Waals surface area (Å²) < 4.78 is 0.0722. The molecule has 0 bridgehead atoms. The minimum Gasteiger partial charge on any atom is -0.309 e. The van der Waals surface area contributed by atoms with E-state index >= 15 is 0 Å². The fraction of sp³-hybridized carbons (Fsp3) is 0.900. The molecular weight excluding hydrogens is 214 g/mol. The molecule has 0 aliphatic heterocycles. The molecule has 84 valence electrons. The van der Waals surface area contributed by atoms with Crippen LogP contribution in [0.5, 0.6) is 0 Å². The van der Waals surface area contributed by atoms with E-state index in [1.807, 2.05) is 21.6 Å². The molecule has 0 aliphatic carbocycles. The van der Waals surface area contributed by atoms with Crippen LogP contribution in [0.2, 0.25) is 0 Å². The number of hydrogen-bond acceptors (Lipinski definition) is 4.